The Morgan fingerprint density at radius 3 is 2.57 bits per heavy atom. The van der Waals surface area contributed by atoms with Crippen molar-refractivity contribution in [2.75, 3.05) is 19.7 Å². The Balaban J connectivity index is 1.49. The number of fused-ring (bicyclic) bond motifs is 1. The monoisotopic (exact) mass is 407 g/mol. The molecular formula is C25H31N2O3+. The van der Waals surface area contributed by atoms with E-state index in [1.165, 1.54) is 43.5 Å². The molecular weight excluding hydrogens is 376 g/mol. The number of nitrogens with one attached hydrogen (secondary N) is 2. The first kappa shape index (κ1) is 20.6. The van der Waals surface area contributed by atoms with Crippen LogP contribution >= 0.6 is 0 Å². The van der Waals surface area contributed by atoms with Crippen LogP contribution < -0.4 is 10.2 Å². The number of ether oxygens (including phenoxy) is 1. The number of rotatable bonds is 8. The molecule has 1 saturated heterocycles. The fourth-order valence-corrected chi connectivity index (χ4v) is 4.29. The van der Waals surface area contributed by atoms with E-state index in [1.54, 1.807) is 4.90 Å². The zero-order valence-electron chi connectivity index (χ0n) is 17.7. The highest BCUT2D eigenvalue weighted by molar-refractivity contribution is 5.99. The molecule has 0 unspecified atom stereocenters. The highest BCUT2D eigenvalue weighted by Gasteiger charge is 2.21. The van der Waals surface area contributed by atoms with Crippen LogP contribution in [0.5, 0.6) is 0 Å². The molecule has 1 aliphatic rings. The van der Waals surface area contributed by atoms with Crippen LogP contribution in [-0.2, 0) is 24.4 Å². The average molecular weight is 408 g/mol. The number of para-hydroxylation sites is 1. The zero-order valence-corrected chi connectivity index (χ0v) is 17.7. The third kappa shape index (κ3) is 4.74. The lowest BCUT2D eigenvalue weighted by atomic mass is 10.0. The van der Waals surface area contributed by atoms with Crippen molar-refractivity contribution in [1.29, 1.82) is 0 Å². The Hall–Kier alpha value is -2.63. The number of hydrogen-bond donors (Lipinski definition) is 2. The van der Waals surface area contributed by atoms with Gasteiger partial charge in [-0.1, -0.05) is 42.5 Å². The Labute approximate surface area is 178 Å². The van der Waals surface area contributed by atoms with Gasteiger partial charge in [-0.3, -0.25) is 4.79 Å². The van der Waals surface area contributed by atoms with Gasteiger partial charge in [0.05, 0.1) is 19.7 Å². The summed E-state index contributed by atoms with van der Waals surface area (Å²) in [6.45, 7) is 6.89. The minimum atomic E-state index is -0.193. The molecule has 0 saturated carbocycles. The van der Waals surface area contributed by atoms with Gasteiger partial charge in [0.1, 0.15) is 12.1 Å². The molecule has 0 radical (unpaired) electrons. The minimum Gasteiger partial charge on any atom is -0.451 e. The first-order valence-corrected chi connectivity index (χ1v) is 11.0. The summed E-state index contributed by atoms with van der Waals surface area (Å²) in [4.78, 5) is 14.6. The molecule has 2 N–H and O–H groups in total. The molecule has 0 spiro atoms. The normalized spacial score (nSPS) is 14.8. The van der Waals surface area contributed by atoms with E-state index in [0.29, 0.717) is 31.1 Å². The molecule has 1 amide bonds. The number of furan rings is 1. The molecule has 2 aromatic carbocycles. The molecule has 0 bridgehead atoms. The van der Waals surface area contributed by atoms with Crippen LogP contribution in [0.2, 0.25) is 0 Å². The maximum atomic E-state index is 13.0. The number of quaternary nitrogens is 1. The number of piperidine rings is 1. The second-order valence-corrected chi connectivity index (χ2v) is 7.98. The average Bonchev–Trinajstić information content (AvgIpc) is 3.16. The van der Waals surface area contributed by atoms with Gasteiger partial charge in [0, 0.05) is 29.7 Å². The fourth-order valence-electron chi connectivity index (χ4n) is 4.29. The van der Waals surface area contributed by atoms with E-state index in [-0.39, 0.29) is 5.91 Å². The van der Waals surface area contributed by atoms with Gasteiger partial charge in [0.15, 0.2) is 5.76 Å². The number of carbonyl (C=O) groups is 1. The third-order valence-corrected chi connectivity index (χ3v) is 5.91. The highest BCUT2D eigenvalue weighted by atomic mass is 16.5. The van der Waals surface area contributed by atoms with Gasteiger partial charge < -0.3 is 19.4 Å². The molecule has 5 heteroatoms. The predicted octanol–water partition coefficient (Wildman–Crippen LogP) is 3.47. The van der Waals surface area contributed by atoms with Crippen molar-refractivity contribution in [3.8, 4) is 0 Å². The van der Waals surface area contributed by atoms with Crippen LogP contribution in [-0.4, -0.2) is 25.6 Å². The molecule has 158 valence electrons. The van der Waals surface area contributed by atoms with Gasteiger partial charge in [-0.25, -0.2) is 0 Å². The topological polar surface area (TPSA) is 55.9 Å². The van der Waals surface area contributed by atoms with Gasteiger partial charge in [0.25, 0.3) is 5.91 Å². The summed E-state index contributed by atoms with van der Waals surface area (Å²) in [6.07, 6.45) is 3.97. The van der Waals surface area contributed by atoms with Gasteiger partial charge in [-0.05, 0) is 37.8 Å². The van der Waals surface area contributed by atoms with E-state index in [1.807, 2.05) is 37.3 Å². The summed E-state index contributed by atoms with van der Waals surface area (Å²) < 4.78 is 11.5. The molecule has 3 aromatic rings. The summed E-state index contributed by atoms with van der Waals surface area (Å²) in [5.74, 6) is 0.157. The Morgan fingerprint density at radius 2 is 1.77 bits per heavy atom. The summed E-state index contributed by atoms with van der Waals surface area (Å²) in [5.41, 5.74) is 4.02. The van der Waals surface area contributed by atoms with Crippen LogP contribution in [0.15, 0.2) is 52.9 Å². The zero-order chi connectivity index (χ0) is 20.8. The first-order chi connectivity index (χ1) is 14.8. The second-order valence-electron chi connectivity index (χ2n) is 7.98. The van der Waals surface area contributed by atoms with Gasteiger partial charge in [0.2, 0.25) is 0 Å². The fraction of sp³-hybridized carbons (Fsp3) is 0.400. The SMILES string of the molecule is CCOCc1c(C(=O)NCc2ccccc2C[NH+]2CCCCC2)oc2ccccc12. The molecule has 30 heavy (non-hydrogen) atoms. The lowest BCUT2D eigenvalue weighted by molar-refractivity contribution is -0.918. The van der Waals surface area contributed by atoms with E-state index >= 15 is 0 Å². The molecule has 1 fully saturated rings. The van der Waals surface area contributed by atoms with E-state index < -0.39 is 0 Å². The summed E-state index contributed by atoms with van der Waals surface area (Å²) in [5, 5.41) is 4.01. The highest BCUT2D eigenvalue weighted by Crippen LogP contribution is 2.26. The Kier molecular flexibility index (Phi) is 6.82. The van der Waals surface area contributed by atoms with Crippen LogP contribution in [0.3, 0.4) is 0 Å². The van der Waals surface area contributed by atoms with Crippen molar-refractivity contribution in [1.82, 2.24) is 5.32 Å². The molecule has 5 nitrogen and oxygen atoms in total. The van der Waals surface area contributed by atoms with Crippen molar-refractivity contribution in [3.63, 3.8) is 0 Å². The molecule has 1 aromatic heterocycles. The second kappa shape index (κ2) is 9.92. The minimum absolute atomic E-state index is 0.193. The van der Waals surface area contributed by atoms with Crippen LogP contribution in [0, 0.1) is 0 Å². The van der Waals surface area contributed by atoms with Crippen molar-refractivity contribution < 1.29 is 18.8 Å². The van der Waals surface area contributed by atoms with Crippen molar-refractivity contribution in [2.24, 2.45) is 0 Å². The number of amides is 1. The van der Waals surface area contributed by atoms with E-state index in [2.05, 4.69) is 23.5 Å². The van der Waals surface area contributed by atoms with Crippen LogP contribution in [0.1, 0.15) is 53.4 Å². The van der Waals surface area contributed by atoms with Gasteiger partial charge in [-0.2, -0.15) is 0 Å². The van der Waals surface area contributed by atoms with E-state index in [0.717, 1.165) is 17.5 Å². The lowest BCUT2D eigenvalue weighted by Gasteiger charge is -2.24. The number of likely N-dealkylation sites (tertiary alicyclic amines) is 1. The van der Waals surface area contributed by atoms with E-state index in [9.17, 15) is 4.79 Å². The van der Waals surface area contributed by atoms with Crippen molar-refractivity contribution >= 4 is 16.9 Å². The third-order valence-electron chi connectivity index (χ3n) is 5.91. The summed E-state index contributed by atoms with van der Waals surface area (Å²) >= 11 is 0. The van der Waals surface area contributed by atoms with Crippen LogP contribution in [0.25, 0.3) is 11.0 Å². The van der Waals surface area contributed by atoms with E-state index in [4.69, 9.17) is 9.15 Å². The number of benzene rings is 2. The van der Waals surface area contributed by atoms with Gasteiger partial charge in [-0.15, -0.1) is 0 Å². The van der Waals surface area contributed by atoms with Gasteiger partial charge >= 0.3 is 0 Å². The Bertz CT molecular complexity index is 989. The maximum Gasteiger partial charge on any atom is 0.287 e. The quantitative estimate of drug-likeness (QED) is 0.601. The largest absolute Gasteiger partial charge is 0.451 e. The maximum absolute atomic E-state index is 13.0. The smallest absolute Gasteiger partial charge is 0.287 e. The Morgan fingerprint density at radius 1 is 1.03 bits per heavy atom. The van der Waals surface area contributed by atoms with Crippen molar-refractivity contribution in [2.45, 2.75) is 45.9 Å². The van der Waals surface area contributed by atoms with Crippen LogP contribution in [0.4, 0.5) is 0 Å². The molecule has 1 aliphatic heterocycles. The molecule has 0 aliphatic carbocycles. The summed E-state index contributed by atoms with van der Waals surface area (Å²) in [6, 6.07) is 16.1. The predicted molar refractivity (Wildman–Crippen MR) is 117 cm³/mol. The van der Waals surface area contributed by atoms with Crippen molar-refractivity contribution in [3.05, 3.63) is 71.0 Å². The number of hydrogen-bond acceptors (Lipinski definition) is 3. The first-order valence-electron chi connectivity index (χ1n) is 11.0. The molecule has 4 rings (SSSR count). The standard InChI is InChI=1S/C25H30N2O3/c1-2-29-18-22-21-12-6-7-13-23(21)30-24(22)25(28)26-16-19-10-4-5-11-20(19)17-27-14-8-3-9-15-27/h4-7,10-13H,2-3,8-9,14-18H2,1H3,(H,26,28)/p+1. The summed E-state index contributed by atoms with van der Waals surface area (Å²) in [7, 11) is 0. The molecule has 2 heterocycles. The lowest BCUT2D eigenvalue weighted by Crippen LogP contribution is -3.11. The molecule has 0 atom stereocenters. The number of carbonyl (C=O) groups excluding carboxylic acids is 1.